The number of aromatic amines is 1. The molecular formula is C20H23F3N4O4S. The van der Waals surface area contributed by atoms with Gasteiger partial charge in [-0.1, -0.05) is 18.2 Å². The van der Waals surface area contributed by atoms with E-state index in [2.05, 4.69) is 20.0 Å². The average Bonchev–Trinajstić information content (AvgIpc) is 3.23. The number of nitrogens with zero attached hydrogens (tertiary/aromatic N) is 2. The maximum Gasteiger partial charge on any atom is 0.573 e. The van der Waals surface area contributed by atoms with E-state index in [1.807, 2.05) is 6.26 Å². The first kappa shape index (κ1) is 23.8. The van der Waals surface area contributed by atoms with Gasteiger partial charge in [0.1, 0.15) is 17.8 Å². The second kappa shape index (κ2) is 10.2. The first-order valence-corrected chi connectivity index (χ1v) is 11.1. The first-order chi connectivity index (χ1) is 15.2. The lowest BCUT2D eigenvalue weighted by Gasteiger charge is -2.36. The number of carbonyl (C=O) groups excluding carboxylic acids is 2. The second-order valence-electron chi connectivity index (χ2n) is 7.00. The number of rotatable bonds is 7. The molecule has 1 aromatic carbocycles. The van der Waals surface area contributed by atoms with Gasteiger partial charge in [-0.3, -0.25) is 0 Å². The van der Waals surface area contributed by atoms with Crippen LogP contribution in [0.25, 0.3) is 0 Å². The highest BCUT2D eigenvalue weighted by Gasteiger charge is 2.39. The molecule has 8 nitrogen and oxygen atoms in total. The number of ether oxygens (including phenoxy) is 2. The van der Waals surface area contributed by atoms with Crippen LogP contribution < -0.4 is 10.1 Å². The van der Waals surface area contributed by atoms with Crippen molar-refractivity contribution < 1.29 is 32.2 Å². The maximum atomic E-state index is 13.2. The van der Waals surface area contributed by atoms with Crippen LogP contribution in [0.1, 0.15) is 29.4 Å². The van der Waals surface area contributed by atoms with Crippen LogP contribution in [0.3, 0.4) is 0 Å². The fraction of sp³-hybridized carbons (Fsp3) is 0.450. The molecule has 0 saturated carbocycles. The van der Waals surface area contributed by atoms with Crippen molar-refractivity contribution in [3.05, 3.63) is 47.5 Å². The molecule has 1 aromatic heterocycles. The van der Waals surface area contributed by atoms with E-state index in [1.165, 1.54) is 48.3 Å². The van der Waals surface area contributed by atoms with E-state index in [4.69, 9.17) is 4.74 Å². The number of fused-ring (bicyclic) bond motifs is 1. The van der Waals surface area contributed by atoms with E-state index in [0.717, 1.165) is 0 Å². The summed E-state index contributed by atoms with van der Waals surface area (Å²) in [6, 6.07) is 3.19. The summed E-state index contributed by atoms with van der Waals surface area (Å²) in [6.45, 7) is 0.197. The molecule has 0 spiro atoms. The van der Waals surface area contributed by atoms with Gasteiger partial charge in [0, 0.05) is 24.2 Å². The van der Waals surface area contributed by atoms with Gasteiger partial charge >= 0.3 is 18.4 Å². The summed E-state index contributed by atoms with van der Waals surface area (Å²) in [5.41, 5.74) is 1.27. The van der Waals surface area contributed by atoms with Crippen LogP contribution >= 0.6 is 11.8 Å². The van der Waals surface area contributed by atoms with Gasteiger partial charge in [-0.2, -0.15) is 11.8 Å². The van der Waals surface area contributed by atoms with E-state index in [0.29, 0.717) is 30.0 Å². The molecule has 2 aromatic rings. The Morgan fingerprint density at radius 1 is 1.38 bits per heavy atom. The van der Waals surface area contributed by atoms with Gasteiger partial charge in [0.15, 0.2) is 0 Å². The van der Waals surface area contributed by atoms with Crippen LogP contribution in [-0.4, -0.2) is 64.9 Å². The molecule has 2 atom stereocenters. The van der Waals surface area contributed by atoms with Crippen molar-refractivity contribution in [3.63, 3.8) is 0 Å². The number of thioether (sulfide) groups is 1. The quantitative estimate of drug-likeness (QED) is 0.601. The molecule has 12 heteroatoms. The van der Waals surface area contributed by atoms with Gasteiger partial charge < -0.3 is 24.7 Å². The maximum absolute atomic E-state index is 13.2. The molecule has 0 fully saturated rings. The number of urea groups is 1. The van der Waals surface area contributed by atoms with Gasteiger partial charge in [0.25, 0.3) is 0 Å². The molecule has 0 bridgehead atoms. The van der Waals surface area contributed by atoms with Crippen molar-refractivity contribution in [1.82, 2.24) is 20.2 Å². The van der Waals surface area contributed by atoms with Crippen LogP contribution in [0.15, 0.2) is 30.6 Å². The largest absolute Gasteiger partial charge is 0.573 e. The first-order valence-electron chi connectivity index (χ1n) is 9.76. The number of hydrogen-bond donors (Lipinski definition) is 2. The third-order valence-corrected chi connectivity index (χ3v) is 5.66. The summed E-state index contributed by atoms with van der Waals surface area (Å²) in [5.74, 6) is -0.414. The van der Waals surface area contributed by atoms with E-state index in [1.54, 1.807) is 6.07 Å². The van der Waals surface area contributed by atoms with Crippen LogP contribution in [0.5, 0.6) is 5.75 Å². The molecule has 2 N–H and O–H groups in total. The molecule has 32 heavy (non-hydrogen) atoms. The number of aromatic nitrogens is 2. The number of halogens is 3. The number of hydrogen-bond acceptors (Lipinski definition) is 6. The van der Waals surface area contributed by atoms with Crippen LogP contribution in [0, 0.1) is 0 Å². The SMILES string of the molecule is COC(=O)[C@H](CCSC)NC(=O)N1CCc2[nH]cnc2[C@H]1c1ccccc1OC(F)(F)F. The molecule has 3 rings (SSSR count). The van der Waals surface area contributed by atoms with Crippen LogP contribution in [0.4, 0.5) is 18.0 Å². The molecule has 1 aliphatic heterocycles. The Balaban J connectivity index is 1.96. The van der Waals surface area contributed by atoms with Crippen molar-refractivity contribution >= 4 is 23.8 Å². The number of amides is 2. The Morgan fingerprint density at radius 3 is 2.81 bits per heavy atom. The zero-order valence-corrected chi connectivity index (χ0v) is 18.3. The highest BCUT2D eigenvalue weighted by atomic mass is 32.2. The number of esters is 1. The van der Waals surface area contributed by atoms with Crippen molar-refractivity contribution in [3.8, 4) is 5.75 Å². The monoisotopic (exact) mass is 472 g/mol. The zero-order valence-electron chi connectivity index (χ0n) is 17.4. The minimum absolute atomic E-state index is 0.131. The third kappa shape index (κ3) is 5.47. The Labute approximate surface area is 186 Å². The van der Waals surface area contributed by atoms with Crippen LogP contribution in [-0.2, 0) is 16.0 Å². The predicted molar refractivity (Wildman–Crippen MR) is 111 cm³/mol. The lowest BCUT2D eigenvalue weighted by atomic mass is 9.95. The topological polar surface area (TPSA) is 96.6 Å². The normalized spacial score (nSPS) is 16.8. The van der Waals surface area contributed by atoms with Gasteiger partial charge in [0.05, 0.1) is 19.1 Å². The lowest BCUT2D eigenvalue weighted by Crippen LogP contribution is -2.51. The number of H-pyrrole nitrogens is 1. The number of methoxy groups -OCH3 is 1. The van der Waals surface area contributed by atoms with Crippen LogP contribution in [0.2, 0.25) is 0 Å². The minimum atomic E-state index is -4.90. The third-order valence-electron chi connectivity index (χ3n) is 5.02. The molecule has 0 radical (unpaired) electrons. The second-order valence-corrected chi connectivity index (χ2v) is 7.99. The summed E-state index contributed by atoms with van der Waals surface area (Å²) < 4.78 is 48.0. The molecule has 2 heterocycles. The average molecular weight is 472 g/mol. The molecule has 0 saturated heterocycles. The number of carbonyl (C=O) groups is 2. The van der Waals surface area contributed by atoms with Gasteiger partial charge in [-0.05, 0) is 24.5 Å². The molecule has 0 aliphatic carbocycles. The van der Waals surface area contributed by atoms with E-state index < -0.39 is 36.2 Å². The fourth-order valence-corrected chi connectivity index (χ4v) is 4.06. The smallest absolute Gasteiger partial charge is 0.467 e. The summed E-state index contributed by atoms with van der Waals surface area (Å²) in [5, 5.41) is 2.66. The number of para-hydroxylation sites is 1. The zero-order chi connectivity index (χ0) is 23.3. The van der Waals surface area contributed by atoms with Gasteiger partial charge in [-0.15, -0.1) is 13.2 Å². The lowest BCUT2D eigenvalue weighted by molar-refractivity contribution is -0.275. The molecule has 174 valence electrons. The number of imidazole rings is 1. The predicted octanol–water partition coefficient (Wildman–Crippen LogP) is 3.26. The summed E-state index contributed by atoms with van der Waals surface area (Å²) in [7, 11) is 1.23. The Bertz CT molecular complexity index is 953. The number of alkyl halides is 3. The van der Waals surface area contributed by atoms with E-state index >= 15 is 0 Å². The highest BCUT2D eigenvalue weighted by molar-refractivity contribution is 7.98. The minimum Gasteiger partial charge on any atom is -0.467 e. The standard InChI is InChI=1S/C20H23F3N4O4S/c1-30-18(28)14(8-10-32-2)26-19(29)27-9-7-13-16(25-11-24-13)17(27)12-5-3-4-6-15(12)31-20(21,22)23/h3-6,11,14,17H,7-10H2,1-2H3,(H,24,25)(H,26,29)/t14-,17+/m0/s1. The Kier molecular flexibility index (Phi) is 7.54. The van der Waals surface area contributed by atoms with E-state index in [-0.39, 0.29) is 12.1 Å². The Hall–Kier alpha value is -2.89. The van der Waals surface area contributed by atoms with Crippen molar-refractivity contribution in [1.29, 1.82) is 0 Å². The van der Waals surface area contributed by atoms with Crippen molar-refractivity contribution in [2.75, 3.05) is 25.7 Å². The highest BCUT2D eigenvalue weighted by Crippen LogP contribution is 2.39. The van der Waals surface area contributed by atoms with Crippen molar-refractivity contribution in [2.24, 2.45) is 0 Å². The fourth-order valence-electron chi connectivity index (χ4n) is 3.59. The molecule has 1 aliphatic rings. The summed E-state index contributed by atoms with van der Waals surface area (Å²) >= 11 is 1.51. The number of benzene rings is 1. The Morgan fingerprint density at radius 2 is 2.12 bits per heavy atom. The molecular weight excluding hydrogens is 449 g/mol. The number of nitrogens with one attached hydrogen (secondary N) is 2. The summed E-state index contributed by atoms with van der Waals surface area (Å²) in [6.07, 6.45) is -0.829. The van der Waals surface area contributed by atoms with Gasteiger partial charge in [-0.25, -0.2) is 14.6 Å². The van der Waals surface area contributed by atoms with Gasteiger partial charge in [0.2, 0.25) is 0 Å². The molecule has 2 amide bonds. The molecule has 0 unspecified atom stereocenters. The summed E-state index contributed by atoms with van der Waals surface area (Å²) in [4.78, 5) is 33.9. The van der Waals surface area contributed by atoms with Crippen molar-refractivity contribution in [2.45, 2.75) is 31.3 Å². The van der Waals surface area contributed by atoms with E-state index in [9.17, 15) is 22.8 Å².